The van der Waals surface area contributed by atoms with Crippen LogP contribution in [-0.4, -0.2) is 63.4 Å². The summed E-state index contributed by atoms with van der Waals surface area (Å²) in [6.45, 7) is 10.6. The highest BCUT2D eigenvalue weighted by Gasteiger charge is 2.26. The molecule has 0 aromatic carbocycles. The monoisotopic (exact) mass is 464 g/mol. The second-order valence-electron chi connectivity index (χ2n) is 7.01. The highest BCUT2D eigenvalue weighted by Crippen LogP contribution is 2.12. The molecule has 1 aromatic heterocycles. The molecule has 0 bridgehead atoms. The molecule has 0 aliphatic carbocycles. The second kappa shape index (κ2) is 8.72. The maximum absolute atomic E-state index is 12.1. The van der Waals surface area contributed by atoms with Gasteiger partial charge in [0.15, 0.2) is 5.96 Å². The van der Waals surface area contributed by atoms with Crippen molar-refractivity contribution in [2.75, 3.05) is 26.2 Å². The molecule has 8 nitrogen and oxygen atoms in total. The van der Waals surface area contributed by atoms with Crippen molar-refractivity contribution in [1.82, 2.24) is 19.6 Å². The molecule has 1 aliphatic heterocycles. The van der Waals surface area contributed by atoms with Crippen LogP contribution in [0.3, 0.4) is 0 Å². The third-order valence-electron chi connectivity index (χ3n) is 4.00. The quantitative estimate of drug-likeness (QED) is 0.409. The molecule has 0 atom stereocenters. The minimum absolute atomic E-state index is 0. The molecule has 1 fully saturated rings. The van der Waals surface area contributed by atoms with E-state index in [0.29, 0.717) is 38.7 Å². The van der Waals surface area contributed by atoms with Gasteiger partial charge in [-0.05, 0) is 27.7 Å². The molecule has 0 saturated carbocycles. The Morgan fingerprint density at radius 3 is 2.32 bits per heavy atom. The van der Waals surface area contributed by atoms with Crippen LogP contribution in [0, 0.1) is 6.92 Å². The van der Waals surface area contributed by atoms with Crippen molar-refractivity contribution in [1.29, 1.82) is 0 Å². The fourth-order valence-electron chi connectivity index (χ4n) is 2.41. The van der Waals surface area contributed by atoms with Crippen LogP contribution in [0.1, 0.15) is 32.0 Å². The van der Waals surface area contributed by atoms with Gasteiger partial charge >= 0.3 is 6.09 Å². The lowest BCUT2D eigenvalue weighted by Crippen LogP contribution is -2.53. The molecule has 0 spiro atoms. The van der Waals surface area contributed by atoms with Crippen molar-refractivity contribution in [3.8, 4) is 0 Å². The van der Waals surface area contributed by atoms with Crippen LogP contribution < -0.4 is 5.73 Å². The molecule has 0 unspecified atom stereocenters. The number of carbonyl (C=O) groups is 1. The van der Waals surface area contributed by atoms with Crippen molar-refractivity contribution in [3.63, 3.8) is 0 Å². The molecule has 2 rings (SSSR count). The number of piperazine rings is 1. The first kappa shape index (κ1) is 21.5. The SMILES string of the molecule is Cc1c(CN=C(N)N2CCN(C(=O)OC(C)(C)C)CC2)cnn1C.I. The number of aliphatic imine (C=N–C) groups is 1. The number of aryl methyl sites for hydroxylation is 1. The molecule has 2 heterocycles. The summed E-state index contributed by atoms with van der Waals surface area (Å²) < 4.78 is 7.21. The summed E-state index contributed by atoms with van der Waals surface area (Å²) in [5.41, 5.74) is 7.76. The number of halogens is 1. The van der Waals surface area contributed by atoms with Gasteiger partial charge in [-0.15, -0.1) is 24.0 Å². The van der Waals surface area contributed by atoms with Gasteiger partial charge in [0.05, 0.1) is 12.7 Å². The normalized spacial score (nSPS) is 15.8. The third kappa shape index (κ3) is 6.05. The molecule has 1 aromatic rings. The van der Waals surface area contributed by atoms with Crippen LogP contribution in [0.25, 0.3) is 0 Å². The zero-order valence-corrected chi connectivity index (χ0v) is 18.0. The van der Waals surface area contributed by atoms with Gasteiger partial charge in [0.2, 0.25) is 0 Å². The van der Waals surface area contributed by atoms with E-state index in [4.69, 9.17) is 10.5 Å². The zero-order chi connectivity index (χ0) is 17.9. The number of rotatable bonds is 2. The first-order valence-corrected chi connectivity index (χ1v) is 8.17. The van der Waals surface area contributed by atoms with E-state index < -0.39 is 5.60 Å². The van der Waals surface area contributed by atoms with E-state index in [2.05, 4.69) is 10.1 Å². The smallest absolute Gasteiger partial charge is 0.410 e. The van der Waals surface area contributed by atoms with E-state index in [1.165, 1.54) is 0 Å². The van der Waals surface area contributed by atoms with Crippen LogP contribution in [0.2, 0.25) is 0 Å². The Morgan fingerprint density at radius 2 is 1.84 bits per heavy atom. The summed E-state index contributed by atoms with van der Waals surface area (Å²) in [6, 6.07) is 0. The lowest BCUT2D eigenvalue weighted by Gasteiger charge is -2.36. The number of ether oxygens (including phenoxy) is 1. The summed E-state index contributed by atoms with van der Waals surface area (Å²) >= 11 is 0. The van der Waals surface area contributed by atoms with Crippen LogP contribution in [-0.2, 0) is 18.3 Å². The van der Waals surface area contributed by atoms with E-state index in [-0.39, 0.29) is 30.1 Å². The fourth-order valence-corrected chi connectivity index (χ4v) is 2.41. The lowest BCUT2D eigenvalue weighted by atomic mass is 10.2. The summed E-state index contributed by atoms with van der Waals surface area (Å²) in [7, 11) is 1.90. The van der Waals surface area contributed by atoms with Gasteiger partial charge in [0.25, 0.3) is 0 Å². The van der Waals surface area contributed by atoms with E-state index in [0.717, 1.165) is 11.3 Å². The largest absolute Gasteiger partial charge is 0.444 e. The van der Waals surface area contributed by atoms with Gasteiger partial charge in [-0.25, -0.2) is 9.79 Å². The highest BCUT2D eigenvalue weighted by molar-refractivity contribution is 14.0. The van der Waals surface area contributed by atoms with E-state index >= 15 is 0 Å². The summed E-state index contributed by atoms with van der Waals surface area (Å²) in [6.07, 6.45) is 1.54. The molecular formula is C16H29IN6O2. The Labute approximate surface area is 166 Å². The van der Waals surface area contributed by atoms with E-state index in [9.17, 15) is 4.79 Å². The average molecular weight is 464 g/mol. The number of nitrogens with zero attached hydrogens (tertiary/aromatic N) is 5. The first-order chi connectivity index (χ1) is 11.2. The van der Waals surface area contributed by atoms with Crippen LogP contribution >= 0.6 is 24.0 Å². The number of hydrogen-bond donors (Lipinski definition) is 1. The Hall–Kier alpha value is -1.52. The summed E-state index contributed by atoms with van der Waals surface area (Å²) in [5, 5.41) is 4.20. The van der Waals surface area contributed by atoms with E-state index in [1.54, 1.807) is 4.90 Å². The van der Waals surface area contributed by atoms with Crippen LogP contribution in [0.15, 0.2) is 11.2 Å². The number of aromatic nitrogens is 2. The molecule has 1 saturated heterocycles. The third-order valence-corrected chi connectivity index (χ3v) is 4.00. The Kier molecular flexibility index (Phi) is 7.51. The predicted octanol–water partition coefficient (Wildman–Crippen LogP) is 1.71. The average Bonchev–Trinajstić information content (AvgIpc) is 2.83. The van der Waals surface area contributed by atoms with Crippen molar-refractivity contribution in [2.45, 2.75) is 39.8 Å². The molecule has 2 N–H and O–H groups in total. The van der Waals surface area contributed by atoms with Gasteiger partial charge in [0, 0.05) is 44.5 Å². The van der Waals surface area contributed by atoms with Crippen molar-refractivity contribution in [2.24, 2.45) is 17.8 Å². The molecule has 1 amide bonds. The van der Waals surface area contributed by atoms with Gasteiger partial charge in [0.1, 0.15) is 5.60 Å². The Bertz CT molecular complexity index is 615. The van der Waals surface area contributed by atoms with Gasteiger partial charge in [-0.2, -0.15) is 5.10 Å². The molecule has 1 aliphatic rings. The number of guanidine groups is 1. The molecule has 9 heteroatoms. The molecular weight excluding hydrogens is 435 g/mol. The maximum atomic E-state index is 12.1. The van der Waals surface area contributed by atoms with Crippen molar-refractivity contribution < 1.29 is 9.53 Å². The predicted molar refractivity (Wildman–Crippen MR) is 108 cm³/mol. The Morgan fingerprint density at radius 1 is 1.28 bits per heavy atom. The Balaban J connectivity index is 0.00000312. The van der Waals surface area contributed by atoms with Gasteiger partial charge in [-0.3, -0.25) is 4.68 Å². The van der Waals surface area contributed by atoms with Crippen molar-refractivity contribution >= 4 is 36.0 Å². The van der Waals surface area contributed by atoms with Crippen molar-refractivity contribution in [3.05, 3.63) is 17.5 Å². The van der Waals surface area contributed by atoms with Crippen LogP contribution in [0.5, 0.6) is 0 Å². The topological polar surface area (TPSA) is 89.0 Å². The number of carbonyl (C=O) groups excluding carboxylic acids is 1. The number of nitrogens with two attached hydrogens (primary N) is 1. The van der Waals surface area contributed by atoms with E-state index in [1.807, 2.05) is 50.5 Å². The maximum Gasteiger partial charge on any atom is 0.410 e. The lowest BCUT2D eigenvalue weighted by molar-refractivity contribution is 0.0186. The summed E-state index contributed by atoms with van der Waals surface area (Å²) in [5.74, 6) is 0.502. The zero-order valence-electron chi connectivity index (χ0n) is 15.7. The molecule has 25 heavy (non-hydrogen) atoms. The van der Waals surface area contributed by atoms with Gasteiger partial charge < -0.3 is 20.3 Å². The van der Waals surface area contributed by atoms with Gasteiger partial charge in [-0.1, -0.05) is 0 Å². The summed E-state index contributed by atoms with van der Waals surface area (Å²) in [4.78, 5) is 20.2. The second-order valence-corrected chi connectivity index (χ2v) is 7.01. The number of amides is 1. The molecule has 0 radical (unpaired) electrons. The van der Waals surface area contributed by atoms with Crippen LogP contribution in [0.4, 0.5) is 4.79 Å². The highest BCUT2D eigenvalue weighted by atomic mass is 127. The first-order valence-electron chi connectivity index (χ1n) is 8.17. The fraction of sp³-hybridized carbons (Fsp3) is 0.688. The standard InChI is InChI=1S/C16H28N6O2.HI/c1-12-13(11-19-20(12)5)10-18-14(17)21-6-8-22(9-7-21)15(23)24-16(2,3)4;/h11H,6-10H2,1-5H3,(H2,17,18);1H. The number of hydrogen-bond acceptors (Lipinski definition) is 4. The molecule has 142 valence electrons. The minimum Gasteiger partial charge on any atom is -0.444 e. The minimum atomic E-state index is -0.476.